The van der Waals surface area contributed by atoms with E-state index in [1.54, 1.807) is 30.9 Å². The Morgan fingerprint density at radius 1 is 1.12 bits per heavy atom. The molecule has 0 saturated heterocycles. The zero-order valence-electron chi connectivity index (χ0n) is 14.0. The molecule has 0 aliphatic rings. The van der Waals surface area contributed by atoms with Crippen molar-refractivity contribution < 1.29 is 18.0 Å². The molecule has 0 radical (unpaired) electrons. The Bertz CT molecular complexity index is 956. The number of fused-ring (bicyclic) bond motifs is 1. The maximum atomic E-state index is 13.5. The van der Waals surface area contributed by atoms with Gasteiger partial charge in [0.2, 0.25) is 5.91 Å². The van der Waals surface area contributed by atoms with Gasteiger partial charge in [0.05, 0.1) is 11.0 Å². The second kappa shape index (κ2) is 6.23. The average Bonchev–Trinajstić information content (AvgIpc) is 2.87. The fourth-order valence-corrected chi connectivity index (χ4v) is 2.64. The largest absolute Gasteiger partial charge is 0.347 e. The normalized spacial score (nSPS) is 11.1. The molecule has 0 fully saturated rings. The number of likely N-dealkylation sites (N-methyl/N-ethyl adjacent to an activating group) is 1. The van der Waals surface area contributed by atoms with Gasteiger partial charge in [-0.05, 0) is 36.2 Å². The molecule has 0 atom stereocenters. The van der Waals surface area contributed by atoms with Crippen LogP contribution in [-0.4, -0.2) is 34.5 Å². The van der Waals surface area contributed by atoms with E-state index in [1.807, 2.05) is 6.92 Å². The number of nitrogens with zero attached hydrogens (tertiary/aromatic N) is 3. The molecular weight excluding hydrogens is 331 g/mol. The van der Waals surface area contributed by atoms with Gasteiger partial charge in [-0.1, -0.05) is 0 Å². The summed E-state index contributed by atoms with van der Waals surface area (Å²) in [4.78, 5) is 17.8. The topological polar surface area (TPSA) is 38.1 Å². The number of amides is 1. The lowest BCUT2D eigenvalue weighted by molar-refractivity contribution is -0.129. The quantitative estimate of drug-likeness (QED) is 0.680. The summed E-state index contributed by atoms with van der Waals surface area (Å²) in [6.45, 7) is 1.98. The minimum Gasteiger partial charge on any atom is -0.347 e. The fourth-order valence-electron chi connectivity index (χ4n) is 2.64. The lowest BCUT2D eigenvalue weighted by Gasteiger charge is -2.12. The van der Waals surface area contributed by atoms with Gasteiger partial charge in [0.25, 0.3) is 0 Å². The molecule has 0 N–H and O–H groups in total. The highest BCUT2D eigenvalue weighted by Gasteiger charge is 2.15. The summed E-state index contributed by atoms with van der Waals surface area (Å²) in [5.41, 5.74) is 2.84. The van der Waals surface area contributed by atoms with Crippen molar-refractivity contribution in [3.8, 4) is 11.1 Å². The fraction of sp³-hybridized carbons (Fsp3) is 0.222. The van der Waals surface area contributed by atoms with Gasteiger partial charge >= 0.3 is 0 Å². The summed E-state index contributed by atoms with van der Waals surface area (Å²) in [5.74, 6) is -4.12. The van der Waals surface area contributed by atoms with Crippen molar-refractivity contribution in [1.29, 1.82) is 0 Å². The Morgan fingerprint density at radius 2 is 1.76 bits per heavy atom. The van der Waals surface area contributed by atoms with Crippen molar-refractivity contribution >= 4 is 16.9 Å². The van der Waals surface area contributed by atoms with Crippen LogP contribution in [0.1, 0.15) is 5.56 Å². The predicted molar refractivity (Wildman–Crippen MR) is 88.5 cm³/mol. The SMILES string of the molecule is Cc1cn(CC(=O)N(C)C)c2cc(-c3cc(F)c(F)c(F)c3)cnc12. The van der Waals surface area contributed by atoms with E-state index in [4.69, 9.17) is 0 Å². The van der Waals surface area contributed by atoms with E-state index >= 15 is 0 Å². The van der Waals surface area contributed by atoms with Crippen molar-refractivity contribution in [1.82, 2.24) is 14.5 Å². The highest BCUT2D eigenvalue weighted by Crippen LogP contribution is 2.27. The van der Waals surface area contributed by atoms with Gasteiger partial charge in [-0.15, -0.1) is 0 Å². The lowest BCUT2D eigenvalue weighted by atomic mass is 10.1. The average molecular weight is 347 g/mol. The molecule has 2 heterocycles. The molecule has 0 saturated carbocycles. The molecule has 3 rings (SSSR count). The van der Waals surface area contributed by atoms with Crippen LogP contribution in [0.3, 0.4) is 0 Å². The number of halogens is 3. The van der Waals surface area contributed by atoms with E-state index in [0.29, 0.717) is 16.6 Å². The Labute approximate surface area is 142 Å². The van der Waals surface area contributed by atoms with Crippen LogP contribution in [0.4, 0.5) is 13.2 Å². The van der Waals surface area contributed by atoms with E-state index in [9.17, 15) is 18.0 Å². The molecule has 130 valence electrons. The number of aromatic nitrogens is 2. The summed E-state index contributed by atoms with van der Waals surface area (Å²) in [5, 5.41) is 0. The highest BCUT2D eigenvalue weighted by atomic mass is 19.2. The second-order valence-corrected chi connectivity index (χ2v) is 6.07. The van der Waals surface area contributed by atoms with Gasteiger partial charge in [-0.25, -0.2) is 13.2 Å². The highest BCUT2D eigenvalue weighted by molar-refractivity contribution is 5.86. The minimum absolute atomic E-state index is 0.0961. The third-order valence-corrected chi connectivity index (χ3v) is 4.02. The number of pyridine rings is 1. The van der Waals surface area contributed by atoms with Crippen LogP contribution in [0.15, 0.2) is 30.6 Å². The lowest BCUT2D eigenvalue weighted by Crippen LogP contribution is -2.25. The van der Waals surface area contributed by atoms with Crippen molar-refractivity contribution in [2.45, 2.75) is 13.5 Å². The number of carbonyl (C=O) groups excluding carboxylic acids is 1. The summed E-state index contributed by atoms with van der Waals surface area (Å²) in [7, 11) is 3.32. The van der Waals surface area contributed by atoms with Crippen molar-refractivity contribution in [3.63, 3.8) is 0 Å². The number of rotatable bonds is 3. The molecule has 0 aliphatic heterocycles. The molecule has 4 nitrogen and oxygen atoms in total. The summed E-state index contributed by atoms with van der Waals surface area (Å²) in [6, 6.07) is 3.53. The summed E-state index contributed by atoms with van der Waals surface area (Å²) < 4.78 is 41.9. The van der Waals surface area contributed by atoms with Crippen LogP contribution >= 0.6 is 0 Å². The molecular formula is C18H16F3N3O. The van der Waals surface area contributed by atoms with Gasteiger partial charge in [0, 0.05) is 32.1 Å². The Hall–Kier alpha value is -2.83. The minimum atomic E-state index is -1.51. The standard InChI is InChI=1S/C18H16F3N3O/c1-10-8-24(9-16(25)23(2)3)15-6-12(7-22-18(10)15)11-4-13(19)17(21)14(20)5-11/h4-8H,9H2,1-3H3. The van der Waals surface area contributed by atoms with Gasteiger partial charge in [-0.3, -0.25) is 9.78 Å². The van der Waals surface area contributed by atoms with Gasteiger partial charge in [0.1, 0.15) is 6.54 Å². The van der Waals surface area contributed by atoms with E-state index in [-0.39, 0.29) is 18.0 Å². The van der Waals surface area contributed by atoms with Crippen LogP contribution in [0.25, 0.3) is 22.2 Å². The molecule has 0 spiro atoms. The van der Waals surface area contributed by atoms with E-state index in [2.05, 4.69) is 4.98 Å². The molecule has 0 unspecified atom stereocenters. The number of benzene rings is 1. The van der Waals surface area contributed by atoms with Gasteiger partial charge in [-0.2, -0.15) is 0 Å². The maximum absolute atomic E-state index is 13.5. The molecule has 0 bridgehead atoms. The van der Waals surface area contributed by atoms with Gasteiger partial charge in [0.15, 0.2) is 17.5 Å². The van der Waals surface area contributed by atoms with E-state index < -0.39 is 17.5 Å². The zero-order chi connectivity index (χ0) is 18.3. The Kier molecular flexibility index (Phi) is 4.24. The Morgan fingerprint density at radius 3 is 2.36 bits per heavy atom. The third kappa shape index (κ3) is 3.09. The van der Waals surface area contributed by atoms with Crippen molar-refractivity contribution in [2.75, 3.05) is 14.1 Å². The van der Waals surface area contributed by atoms with E-state index in [0.717, 1.165) is 17.7 Å². The number of hydrogen-bond acceptors (Lipinski definition) is 2. The maximum Gasteiger partial charge on any atom is 0.241 e. The number of hydrogen-bond donors (Lipinski definition) is 0. The second-order valence-electron chi connectivity index (χ2n) is 6.07. The molecule has 1 aromatic carbocycles. The summed E-state index contributed by atoms with van der Waals surface area (Å²) in [6.07, 6.45) is 3.27. The number of carbonyl (C=O) groups is 1. The van der Waals surface area contributed by atoms with Crippen LogP contribution in [0, 0.1) is 24.4 Å². The molecule has 0 aliphatic carbocycles. The zero-order valence-corrected chi connectivity index (χ0v) is 14.0. The monoisotopic (exact) mass is 347 g/mol. The van der Waals surface area contributed by atoms with Crippen LogP contribution in [0.2, 0.25) is 0 Å². The van der Waals surface area contributed by atoms with E-state index in [1.165, 1.54) is 11.1 Å². The predicted octanol–water partition coefficient (Wildman–Crippen LogP) is 3.52. The van der Waals surface area contributed by atoms with Crippen LogP contribution < -0.4 is 0 Å². The third-order valence-electron chi connectivity index (χ3n) is 4.02. The smallest absolute Gasteiger partial charge is 0.241 e. The first-order valence-corrected chi connectivity index (χ1v) is 7.58. The number of aryl methyl sites for hydroxylation is 1. The van der Waals surface area contributed by atoms with Gasteiger partial charge < -0.3 is 9.47 Å². The first kappa shape index (κ1) is 17.0. The van der Waals surface area contributed by atoms with Crippen molar-refractivity contribution in [2.24, 2.45) is 0 Å². The molecule has 2 aromatic heterocycles. The van der Waals surface area contributed by atoms with Crippen molar-refractivity contribution in [3.05, 3.63) is 53.6 Å². The molecule has 3 aromatic rings. The Balaban J connectivity index is 2.12. The van der Waals surface area contributed by atoms with Crippen LogP contribution in [0.5, 0.6) is 0 Å². The molecule has 7 heteroatoms. The first-order valence-electron chi connectivity index (χ1n) is 7.58. The van der Waals surface area contributed by atoms with Crippen LogP contribution in [-0.2, 0) is 11.3 Å². The first-order chi connectivity index (χ1) is 11.8. The molecule has 25 heavy (non-hydrogen) atoms. The molecule has 1 amide bonds. The summed E-state index contributed by atoms with van der Waals surface area (Å²) >= 11 is 0.